The van der Waals surface area contributed by atoms with Crippen LogP contribution in [-0.4, -0.2) is 77.1 Å². The van der Waals surface area contributed by atoms with Gasteiger partial charge in [-0.15, -0.1) is 0 Å². The Morgan fingerprint density at radius 2 is 2.00 bits per heavy atom. The lowest BCUT2D eigenvalue weighted by Crippen LogP contribution is -2.47. The Labute approximate surface area is 170 Å². The molecule has 29 heavy (non-hydrogen) atoms. The summed E-state index contributed by atoms with van der Waals surface area (Å²) in [6, 6.07) is 4.27. The zero-order valence-electron chi connectivity index (χ0n) is 16.7. The van der Waals surface area contributed by atoms with Crippen LogP contribution >= 0.6 is 0 Å². The van der Waals surface area contributed by atoms with Crippen LogP contribution in [0.15, 0.2) is 18.3 Å². The van der Waals surface area contributed by atoms with E-state index in [0.29, 0.717) is 23.5 Å². The van der Waals surface area contributed by atoms with Crippen LogP contribution in [-0.2, 0) is 11.2 Å². The maximum Gasteiger partial charge on any atom is 0.250 e. The fourth-order valence-corrected chi connectivity index (χ4v) is 4.45. The molecule has 0 atom stereocenters. The Morgan fingerprint density at radius 1 is 1.17 bits per heavy atom. The summed E-state index contributed by atoms with van der Waals surface area (Å²) in [4.78, 5) is 28.9. The average Bonchev–Trinajstić information content (AvgIpc) is 3.04. The summed E-state index contributed by atoms with van der Waals surface area (Å²) in [7, 11) is 0. The number of nitrogens with two attached hydrogens (primary N) is 1. The van der Waals surface area contributed by atoms with E-state index in [0.717, 1.165) is 63.1 Å². The number of aromatic nitrogens is 2. The number of primary amides is 1. The fraction of sp³-hybridized carbons (Fsp3) is 0.524. The van der Waals surface area contributed by atoms with Crippen molar-refractivity contribution in [3.05, 3.63) is 35.9 Å². The van der Waals surface area contributed by atoms with Crippen molar-refractivity contribution in [1.29, 1.82) is 0 Å². The highest BCUT2D eigenvalue weighted by Crippen LogP contribution is 2.21. The minimum Gasteiger partial charge on any atom is -0.366 e. The van der Waals surface area contributed by atoms with E-state index in [1.165, 1.54) is 6.42 Å². The molecule has 0 bridgehead atoms. The van der Waals surface area contributed by atoms with Crippen LogP contribution in [0.1, 0.15) is 35.2 Å². The quantitative estimate of drug-likeness (QED) is 0.688. The van der Waals surface area contributed by atoms with E-state index >= 15 is 0 Å². The van der Waals surface area contributed by atoms with Gasteiger partial charge in [0.15, 0.2) is 0 Å². The van der Waals surface area contributed by atoms with Crippen molar-refractivity contribution in [3.8, 4) is 0 Å². The first-order valence-electron chi connectivity index (χ1n) is 10.4. The standard InChI is InChI=1S/C21H29N6O2/c22-21(29)18-13-15(12-16-14-24-25-20(16)18)2-3-19(28)27-9-4-17(5-10-27)26-8-1-6-23-7-11-26/h3,12-14,17,23H,1-2,4-11H2,(H2,22,29)(H,24,25). The highest BCUT2D eigenvalue weighted by atomic mass is 16.2. The van der Waals surface area contributed by atoms with Crippen molar-refractivity contribution in [2.45, 2.75) is 31.7 Å². The number of nitrogens with zero attached hydrogens (tertiary/aromatic N) is 3. The molecular weight excluding hydrogens is 368 g/mol. The molecule has 1 radical (unpaired) electrons. The van der Waals surface area contributed by atoms with E-state index in [1.54, 1.807) is 18.7 Å². The molecule has 0 spiro atoms. The fourth-order valence-electron chi connectivity index (χ4n) is 4.45. The number of H-pyrrole nitrogens is 1. The lowest BCUT2D eigenvalue weighted by molar-refractivity contribution is -0.129. The van der Waals surface area contributed by atoms with E-state index in [1.807, 2.05) is 11.0 Å². The second-order valence-electron chi connectivity index (χ2n) is 7.95. The van der Waals surface area contributed by atoms with Gasteiger partial charge in [0.1, 0.15) is 0 Å². The molecule has 2 fully saturated rings. The molecule has 1 aromatic heterocycles. The minimum atomic E-state index is -0.502. The second kappa shape index (κ2) is 8.92. The number of nitrogens with one attached hydrogen (secondary N) is 2. The average molecular weight is 398 g/mol. The molecule has 3 heterocycles. The molecule has 155 valence electrons. The number of carbonyl (C=O) groups excluding carboxylic acids is 2. The van der Waals surface area contributed by atoms with Crippen molar-refractivity contribution < 1.29 is 9.59 Å². The highest BCUT2D eigenvalue weighted by Gasteiger charge is 2.27. The van der Waals surface area contributed by atoms with Crippen molar-refractivity contribution in [2.75, 3.05) is 39.3 Å². The molecule has 4 rings (SSSR count). The maximum absolute atomic E-state index is 12.7. The summed E-state index contributed by atoms with van der Waals surface area (Å²) in [6.07, 6.45) is 7.11. The van der Waals surface area contributed by atoms with Gasteiger partial charge in [-0.2, -0.15) is 5.10 Å². The van der Waals surface area contributed by atoms with Gasteiger partial charge in [-0.05, 0) is 56.5 Å². The number of rotatable bonds is 5. The van der Waals surface area contributed by atoms with E-state index < -0.39 is 5.91 Å². The largest absolute Gasteiger partial charge is 0.366 e. The van der Waals surface area contributed by atoms with Crippen LogP contribution < -0.4 is 11.1 Å². The number of amides is 2. The van der Waals surface area contributed by atoms with E-state index in [4.69, 9.17) is 5.73 Å². The van der Waals surface area contributed by atoms with Crippen LogP contribution in [0.25, 0.3) is 10.9 Å². The predicted octanol–water partition coefficient (Wildman–Crippen LogP) is 0.695. The van der Waals surface area contributed by atoms with Crippen molar-refractivity contribution in [3.63, 3.8) is 0 Å². The van der Waals surface area contributed by atoms with E-state index in [9.17, 15) is 9.59 Å². The first kappa shape index (κ1) is 19.8. The Hall–Kier alpha value is -2.45. The molecular formula is C21H29N6O2. The molecule has 2 aliphatic rings. The van der Waals surface area contributed by atoms with Crippen LogP contribution in [0.3, 0.4) is 0 Å². The lowest BCUT2D eigenvalue weighted by Gasteiger charge is -2.38. The van der Waals surface area contributed by atoms with Crippen LogP contribution in [0.5, 0.6) is 0 Å². The Morgan fingerprint density at radius 3 is 2.79 bits per heavy atom. The van der Waals surface area contributed by atoms with Gasteiger partial charge in [0.05, 0.1) is 23.7 Å². The smallest absolute Gasteiger partial charge is 0.250 e. The molecule has 0 saturated carbocycles. The summed E-state index contributed by atoms with van der Waals surface area (Å²) >= 11 is 0. The SMILES string of the molecule is NC(=O)c1cc(C[CH]C(=O)N2CCC(N3CCCNCC3)CC2)cc2cn[nH]c12. The van der Waals surface area contributed by atoms with Crippen molar-refractivity contribution >= 4 is 22.7 Å². The van der Waals surface area contributed by atoms with Gasteiger partial charge < -0.3 is 16.0 Å². The summed E-state index contributed by atoms with van der Waals surface area (Å²) < 4.78 is 0. The molecule has 2 aliphatic heterocycles. The summed E-state index contributed by atoms with van der Waals surface area (Å²) in [5, 5.41) is 11.1. The Bertz CT molecular complexity index is 863. The third kappa shape index (κ3) is 4.59. The van der Waals surface area contributed by atoms with Crippen LogP contribution in [0.2, 0.25) is 0 Å². The molecule has 4 N–H and O–H groups in total. The lowest BCUT2D eigenvalue weighted by atomic mass is 10.0. The predicted molar refractivity (Wildman–Crippen MR) is 111 cm³/mol. The van der Waals surface area contributed by atoms with Gasteiger partial charge in [-0.25, -0.2) is 0 Å². The number of piperidine rings is 1. The van der Waals surface area contributed by atoms with Gasteiger partial charge in [0.2, 0.25) is 5.91 Å². The number of likely N-dealkylation sites (tertiary alicyclic amines) is 1. The van der Waals surface area contributed by atoms with Gasteiger partial charge in [-0.1, -0.05) is 0 Å². The number of hydrogen-bond acceptors (Lipinski definition) is 5. The Kier molecular flexibility index (Phi) is 6.10. The number of hydrogen-bond donors (Lipinski definition) is 3. The molecule has 1 aromatic carbocycles. The molecule has 2 amide bonds. The van der Waals surface area contributed by atoms with E-state index in [2.05, 4.69) is 20.4 Å². The highest BCUT2D eigenvalue weighted by molar-refractivity contribution is 6.05. The first-order chi connectivity index (χ1) is 14.1. The summed E-state index contributed by atoms with van der Waals surface area (Å²) in [5.74, 6) is -0.438. The molecule has 2 saturated heterocycles. The Balaban J connectivity index is 1.31. The second-order valence-corrected chi connectivity index (χ2v) is 7.95. The molecule has 8 nitrogen and oxygen atoms in total. The zero-order chi connectivity index (χ0) is 20.2. The molecule has 0 unspecified atom stereocenters. The van der Waals surface area contributed by atoms with Gasteiger partial charge in [-0.3, -0.25) is 19.6 Å². The van der Waals surface area contributed by atoms with Crippen LogP contribution in [0.4, 0.5) is 0 Å². The maximum atomic E-state index is 12.7. The monoisotopic (exact) mass is 397 g/mol. The first-order valence-corrected chi connectivity index (χ1v) is 10.4. The van der Waals surface area contributed by atoms with Crippen molar-refractivity contribution in [2.24, 2.45) is 5.73 Å². The zero-order valence-corrected chi connectivity index (χ0v) is 16.7. The number of fused-ring (bicyclic) bond motifs is 1. The number of carbonyl (C=O) groups is 2. The molecule has 8 heteroatoms. The molecule has 2 aromatic rings. The third-order valence-electron chi connectivity index (χ3n) is 6.05. The van der Waals surface area contributed by atoms with Gasteiger partial charge >= 0.3 is 0 Å². The number of benzene rings is 1. The van der Waals surface area contributed by atoms with Gasteiger partial charge in [0.25, 0.3) is 5.91 Å². The van der Waals surface area contributed by atoms with Crippen LogP contribution in [0, 0.1) is 6.42 Å². The topological polar surface area (TPSA) is 107 Å². The normalized spacial score (nSPS) is 19.4. The van der Waals surface area contributed by atoms with E-state index in [-0.39, 0.29) is 5.91 Å². The minimum absolute atomic E-state index is 0.0638. The van der Waals surface area contributed by atoms with Gasteiger partial charge in [0, 0.05) is 37.6 Å². The van der Waals surface area contributed by atoms with Crippen molar-refractivity contribution in [1.82, 2.24) is 25.3 Å². The summed E-state index contributed by atoms with van der Waals surface area (Å²) in [5.41, 5.74) is 7.41. The molecule has 0 aliphatic carbocycles. The third-order valence-corrected chi connectivity index (χ3v) is 6.05. The number of aromatic amines is 1. The summed E-state index contributed by atoms with van der Waals surface area (Å²) in [6.45, 7) is 6.01.